The van der Waals surface area contributed by atoms with Gasteiger partial charge in [-0.25, -0.2) is 0 Å². The van der Waals surface area contributed by atoms with Crippen molar-refractivity contribution < 1.29 is 0 Å². The van der Waals surface area contributed by atoms with Crippen molar-refractivity contribution in [2.24, 2.45) is 0 Å². The van der Waals surface area contributed by atoms with Gasteiger partial charge < -0.3 is 5.32 Å². The van der Waals surface area contributed by atoms with Gasteiger partial charge in [-0.1, -0.05) is 13.8 Å². The summed E-state index contributed by atoms with van der Waals surface area (Å²) in [6.07, 6.45) is 5.32. The third-order valence-corrected chi connectivity index (χ3v) is 2.55. The zero-order valence-electron chi connectivity index (χ0n) is 9.45. The van der Waals surface area contributed by atoms with Gasteiger partial charge in [0.2, 0.25) is 0 Å². The van der Waals surface area contributed by atoms with Crippen molar-refractivity contribution in [1.82, 2.24) is 15.1 Å². The van der Waals surface area contributed by atoms with E-state index in [0.29, 0.717) is 5.92 Å². The summed E-state index contributed by atoms with van der Waals surface area (Å²) >= 11 is 0. The highest BCUT2D eigenvalue weighted by atomic mass is 15.3. The van der Waals surface area contributed by atoms with Crippen LogP contribution in [0.2, 0.25) is 0 Å². The average Bonchev–Trinajstić information content (AvgIpc) is 2.66. The van der Waals surface area contributed by atoms with Crippen molar-refractivity contribution >= 4 is 0 Å². The quantitative estimate of drug-likeness (QED) is 0.704. The molecule has 0 spiro atoms. The second kappa shape index (κ2) is 5.81. The summed E-state index contributed by atoms with van der Waals surface area (Å²) in [4.78, 5) is 0. The third-order valence-electron chi connectivity index (χ3n) is 2.55. The molecular formula is C11H21N3. The number of rotatable bonds is 6. The van der Waals surface area contributed by atoms with Gasteiger partial charge in [0.25, 0.3) is 0 Å². The van der Waals surface area contributed by atoms with E-state index >= 15 is 0 Å². The molecule has 0 aliphatic carbocycles. The van der Waals surface area contributed by atoms with E-state index in [1.807, 2.05) is 10.9 Å². The molecule has 3 heteroatoms. The van der Waals surface area contributed by atoms with Gasteiger partial charge in [0.15, 0.2) is 0 Å². The second-order valence-electron chi connectivity index (χ2n) is 3.67. The Morgan fingerprint density at radius 1 is 1.50 bits per heavy atom. The van der Waals surface area contributed by atoms with Crippen molar-refractivity contribution in [3.63, 3.8) is 0 Å². The minimum Gasteiger partial charge on any atom is -0.317 e. The summed E-state index contributed by atoms with van der Waals surface area (Å²) in [6.45, 7) is 9.62. The van der Waals surface area contributed by atoms with E-state index in [2.05, 4.69) is 37.4 Å². The number of aryl methyl sites for hydroxylation is 1. The molecule has 80 valence electrons. The minimum atomic E-state index is 0.606. The van der Waals surface area contributed by atoms with Crippen LogP contribution in [0.25, 0.3) is 0 Å². The molecule has 0 radical (unpaired) electrons. The molecule has 3 nitrogen and oxygen atoms in total. The number of nitrogens with zero attached hydrogens (tertiary/aromatic N) is 2. The van der Waals surface area contributed by atoms with Crippen LogP contribution in [-0.2, 0) is 6.54 Å². The molecule has 0 aliphatic heterocycles. The summed E-state index contributed by atoms with van der Waals surface area (Å²) in [5, 5.41) is 7.62. The topological polar surface area (TPSA) is 29.9 Å². The molecule has 1 atom stereocenters. The van der Waals surface area contributed by atoms with Crippen LogP contribution in [0.5, 0.6) is 0 Å². The van der Waals surface area contributed by atoms with E-state index in [4.69, 9.17) is 0 Å². The lowest BCUT2D eigenvalue weighted by molar-refractivity contribution is 0.606. The van der Waals surface area contributed by atoms with Crippen LogP contribution >= 0.6 is 0 Å². The Labute approximate surface area is 86.5 Å². The normalized spacial score (nSPS) is 13.1. The van der Waals surface area contributed by atoms with E-state index < -0.39 is 0 Å². The molecule has 0 saturated heterocycles. The largest absolute Gasteiger partial charge is 0.317 e. The van der Waals surface area contributed by atoms with Gasteiger partial charge >= 0.3 is 0 Å². The van der Waals surface area contributed by atoms with Crippen LogP contribution in [0.1, 0.15) is 38.7 Å². The van der Waals surface area contributed by atoms with E-state index in [9.17, 15) is 0 Å². The predicted octanol–water partition coefficient (Wildman–Crippen LogP) is 2.01. The van der Waals surface area contributed by atoms with Crippen LogP contribution in [-0.4, -0.2) is 22.9 Å². The second-order valence-corrected chi connectivity index (χ2v) is 3.67. The molecule has 0 bridgehead atoms. The van der Waals surface area contributed by atoms with Gasteiger partial charge in [-0.2, -0.15) is 5.10 Å². The van der Waals surface area contributed by atoms with Gasteiger partial charge in [0.1, 0.15) is 0 Å². The van der Waals surface area contributed by atoms with Crippen molar-refractivity contribution in [2.45, 2.75) is 39.7 Å². The molecule has 1 heterocycles. The zero-order chi connectivity index (χ0) is 10.4. The molecular weight excluding hydrogens is 174 g/mol. The van der Waals surface area contributed by atoms with Crippen molar-refractivity contribution in [1.29, 1.82) is 0 Å². The van der Waals surface area contributed by atoms with E-state index in [0.717, 1.165) is 19.6 Å². The zero-order valence-corrected chi connectivity index (χ0v) is 9.45. The fraction of sp³-hybridized carbons (Fsp3) is 0.727. The molecule has 0 aromatic carbocycles. The first kappa shape index (κ1) is 11.2. The Balaban J connectivity index is 2.39. The minimum absolute atomic E-state index is 0.606. The highest BCUT2D eigenvalue weighted by Gasteiger charge is 2.06. The lowest BCUT2D eigenvalue weighted by Gasteiger charge is -2.08. The number of nitrogens with one attached hydrogen (secondary N) is 1. The average molecular weight is 195 g/mol. The van der Waals surface area contributed by atoms with E-state index in [1.165, 1.54) is 12.0 Å². The Hall–Kier alpha value is -0.830. The van der Waals surface area contributed by atoms with Gasteiger partial charge in [-0.15, -0.1) is 0 Å². The molecule has 1 rings (SSSR count). The van der Waals surface area contributed by atoms with Gasteiger partial charge in [-0.05, 0) is 37.9 Å². The number of hydrogen-bond acceptors (Lipinski definition) is 2. The summed E-state index contributed by atoms with van der Waals surface area (Å²) in [5.41, 5.74) is 1.35. The SMILES string of the molecule is CCNCCC(C)c1cnn(CC)c1. The first-order chi connectivity index (χ1) is 6.77. The van der Waals surface area contributed by atoms with Crippen molar-refractivity contribution in [3.05, 3.63) is 18.0 Å². The van der Waals surface area contributed by atoms with Crippen molar-refractivity contribution in [3.8, 4) is 0 Å². The standard InChI is InChI=1S/C11H21N3/c1-4-12-7-6-10(3)11-8-13-14(5-2)9-11/h8-10,12H,4-7H2,1-3H3. The molecule has 1 aromatic heterocycles. The molecule has 1 aromatic rings. The van der Waals surface area contributed by atoms with Crippen LogP contribution in [0.4, 0.5) is 0 Å². The van der Waals surface area contributed by atoms with Crippen LogP contribution in [0, 0.1) is 0 Å². The fourth-order valence-corrected chi connectivity index (χ4v) is 1.47. The first-order valence-electron chi connectivity index (χ1n) is 5.51. The molecule has 0 saturated carbocycles. The third kappa shape index (κ3) is 3.14. The van der Waals surface area contributed by atoms with E-state index in [1.54, 1.807) is 0 Å². The Kier molecular flexibility index (Phi) is 4.66. The number of hydrogen-bond donors (Lipinski definition) is 1. The summed E-state index contributed by atoms with van der Waals surface area (Å²) in [5.74, 6) is 0.606. The summed E-state index contributed by atoms with van der Waals surface area (Å²) < 4.78 is 1.99. The van der Waals surface area contributed by atoms with Gasteiger partial charge in [0.05, 0.1) is 6.20 Å². The van der Waals surface area contributed by atoms with Gasteiger partial charge in [0, 0.05) is 12.7 Å². The van der Waals surface area contributed by atoms with Crippen LogP contribution < -0.4 is 5.32 Å². The smallest absolute Gasteiger partial charge is 0.0524 e. The lowest BCUT2D eigenvalue weighted by Crippen LogP contribution is -2.15. The Bertz CT molecular complexity index is 255. The predicted molar refractivity (Wildman–Crippen MR) is 59.5 cm³/mol. The highest BCUT2D eigenvalue weighted by molar-refractivity contribution is 5.09. The van der Waals surface area contributed by atoms with Crippen LogP contribution in [0.15, 0.2) is 12.4 Å². The summed E-state index contributed by atoms with van der Waals surface area (Å²) in [6, 6.07) is 0. The molecule has 0 amide bonds. The molecule has 1 N–H and O–H groups in total. The molecule has 0 aliphatic rings. The maximum atomic E-state index is 4.28. The molecule has 14 heavy (non-hydrogen) atoms. The lowest BCUT2D eigenvalue weighted by atomic mass is 10.0. The van der Waals surface area contributed by atoms with Crippen LogP contribution in [0.3, 0.4) is 0 Å². The summed E-state index contributed by atoms with van der Waals surface area (Å²) in [7, 11) is 0. The van der Waals surface area contributed by atoms with E-state index in [-0.39, 0.29) is 0 Å². The molecule has 1 unspecified atom stereocenters. The van der Waals surface area contributed by atoms with Gasteiger partial charge in [-0.3, -0.25) is 4.68 Å². The monoisotopic (exact) mass is 195 g/mol. The highest BCUT2D eigenvalue weighted by Crippen LogP contribution is 2.17. The fourth-order valence-electron chi connectivity index (χ4n) is 1.47. The van der Waals surface area contributed by atoms with Crippen molar-refractivity contribution in [2.75, 3.05) is 13.1 Å². The maximum Gasteiger partial charge on any atom is 0.0524 e. The Morgan fingerprint density at radius 3 is 2.86 bits per heavy atom. The first-order valence-corrected chi connectivity index (χ1v) is 5.51. The maximum absolute atomic E-state index is 4.28. The Morgan fingerprint density at radius 2 is 2.29 bits per heavy atom. The molecule has 0 fully saturated rings. The number of aromatic nitrogens is 2.